The van der Waals surface area contributed by atoms with Crippen LogP contribution < -0.4 is 5.11 Å². The molecule has 0 amide bonds. The highest BCUT2D eigenvalue weighted by Gasteiger charge is 2.20. The number of carboxylic acid groups (broad SMARTS) is 1. The minimum atomic E-state index is -1.08. The standard InChI is InChI=1S/C12H23NO3/c1-4-5-6-7-8-11(14)9-13(2,3)10-12(15)16/h5-6,11,14H,4,7-10H2,1-3H3/b6-5+. The summed E-state index contributed by atoms with van der Waals surface area (Å²) in [6.45, 7) is 2.43. The minimum absolute atomic E-state index is 0.0676. The second kappa shape index (κ2) is 7.41. The third-order valence-electron chi connectivity index (χ3n) is 2.33. The van der Waals surface area contributed by atoms with Crippen molar-refractivity contribution in [3.8, 4) is 0 Å². The number of hydrogen-bond acceptors (Lipinski definition) is 3. The van der Waals surface area contributed by atoms with Crippen LogP contribution >= 0.6 is 0 Å². The van der Waals surface area contributed by atoms with Gasteiger partial charge >= 0.3 is 0 Å². The molecule has 1 unspecified atom stereocenters. The number of carbonyl (C=O) groups excluding carboxylic acids is 1. The van der Waals surface area contributed by atoms with E-state index in [9.17, 15) is 15.0 Å². The molecule has 16 heavy (non-hydrogen) atoms. The number of aliphatic hydroxyl groups excluding tert-OH is 1. The topological polar surface area (TPSA) is 60.4 Å². The lowest BCUT2D eigenvalue weighted by Gasteiger charge is -2.32. The summed E-state index contributed by atoms with van der Waals surface area (Å²) >= 11 is 0. The van der Waals surface area contributed by atoms with Gasteiger partial charge in [0.1, 0.15) is 19.2 Å². The predicted octanol–water partition coefficient (Wildman–Crippen LogP) is -0.0800. The molecule has 0 aromatic heterocycles. The van der Waals surface area contributed by atoms with Crippen LogP contribution in [0.4, 0.5) is 0 Å². The van der Waals surface area contributed by atoms with Gasteiger partial charge in [0, 0.05) is 0 Å². The van der Waals surface area contributed by atoms with E-state index >= 15 is 0 Å². The Hall–Kier alpha value is -0.870. The Kier molecular flexibility index (Phi) is 7.01. The van der Waals surface area contributed by atoms with Gasteiger partial charge in [0.05, 0.1) is 20.1 Å². The Morgan fingerprint density at radius 2 is 2.06 bits per heavy atom. The summed E-state index contributed by atoms with van der Waals surface area (Å²) in [5.74, 6) is -1.08. The Balaban J connectivity index is 3.88. The Bertz CT molecular complexity index is 236. The van der Waals surface area contributed by atoms with Crippen molar-refractivity contribution < 1.29 is 19.5 Å². The second-order valence-electron chi connectivity index (χ2n) is 4.76. The molecule has 0 aliphatic rings. The molecule has 0 fully saturated rings. The SMILES string of the molecule is CC/C=C/CCC(O)C[N+](C)(C)CC(=O)[O-]. The summed E-state index contributed by atoms with van der Waals surface area (Å²) in [7, 11) is 3.56. The molecule has 0 aromatic rings. The first-order chi connectivity index (χ1) is 7.37. The van der Waals surface area contributed by atoms with Gasteiger partial charge in [-0.15, -0.1) is 0 Å². The van der Waals surface area contributed by atoms with Gasteiger partial charge in [-0.05, 0) is 19.3 Å². The van der Waals surface area contributed by atoms with Crippen molar-refractivity contribution in [2.24, 2.45) is 0 Å². The number of aliphatic carboxylic acids is 1. The lowest BCUT2D eigenvalue weighted by Crippen LogP contribution is -2.51. The van der Waals surface area contributed by atoms with Crippen molar-refractivity contribution in [1.82, 2.24) is 0 Å². The van der Waals surface area contributed by atoms with Crippen LogP contribution in [0.3, 0.4) is 0 Å². The molecule has 4 heteroatoms. The average molecular weight is 229 g/mol. The lowest BCUT2D eigenvalue weighted by atomic mass is 10.1. The zero-order valence-electron chi connectivity index (χ0n) is 10.5. The molecule has 0 saturated heterocycles. The fourth-order valence-electron chi connectivity index (χ4n) is 1.65. The van der Waals surface area contributed by atoms with Crippen molar-refractivity contribution in [3.63, 3.8) is 0 Å². The summed E-state index contributed by atoms with van der Waals surface area (Å²) in [6.07, 6.45) is 6.15. The van der Waals surface area contributed by atoms with Crippen molar-refractivity contribution in [2.45, 2.75) is 32.3 Å². The third-order valence-corrected chi connectivity index (χ3v) is 2.33. The number of rotatable bonds is 8. The molecule has 0 aliphatic heterocycles. The fraction of sp³-hybridized carbons (Fsp3) is 0.750. The zero-order chi connectivity index (χ0) is 12.6. The molecule has 0 aliphatic carbocycles. The van der Waals surface area contributed by atoms with Crippen LogP contribution in [0.5, 0.6) is 0 Å². The number of hydrogen-bond donors (Lipinski definition) is 1. The first-order valence-corrected chi connectivity index (χ1v) is 5.72. The van der Waals surface area contributed by atoms with Crippen molar-refractivity contribution in [2.75, 3.05) is 27.2 Å². The number of nitrogens with zero attached hydrogens (tertiary/aromatic N) is 1. The number of carbonyl (C=O) groups is 1. The van der Waals surface area contributed by atoms with Crippen LogP contribution in [0.2, 0.25) is 0 Å². The van der Waals surface area contributed by atoms with E-state index in [-0.39, 0.29) is 11.0 Å². The van der Waals surface area contributed by atoms with Gasteiger partial charge in [0.15, 0.2) is 0 Å². The smallest absolute Gasteiger partial charge is 0.119 e. The monoisotopic (exact) mass is 229 g/mol. The van der Waals surface area contributed by atoms with Crippen LogP contribution in [0.15, 0.2) is 12.2 Å². The molecular weight excluding hydrogens is 206 g/mol. The van der Waals surface area contributed by atoms with E-state index in [4.69, 9.17) is 0 Å². The second-order valence-corrected chi connectivity index (χ2v) is 4.76. The van der Waals surface area contributed by atoms with E-state index in [1.54, 1.807) is 14.1 Å². The van der Waals surface area contributed by atoms with E-state index in [1.807, 2.05) is 6.08 Å². The minimum Gasteiger partial charge on any atom is -0.544 e. The summed E-state index contributed by atoms with van der Waals surface area (Å²) in [5, 5.41) is 20.2. The Labute approximate surface area is 97.8 Å². The summed E-state index contributed by atoms with van der Waals surface area (Å²) in [5.41, 5.74) is 0. The van der Waals surface area contributed by atoms with Crippen LogP contribution in [-0.2, 0) is 4.79 Å². The molecule has 0 heterocycles. The maximum absolute atomic E-state index is 10.5. The highest BCUT2D eigenvalue weighted by Crippen LogP contribution is 2.05. The summed E-state index contributed by atoms with van der Waals surface area (Å²) in [6, 6.07) is 0. The molecule has 4 nitrogen and oxygen atoms in total. The quantitative estimate of drug-likeness (QED) is 0.468. The van der Waals surface area contributed by atoms with E-state index in [0.29, 0.717) is 13.0 Å². The lowest BCUT2D eigenvalue weighted by molar-refractivity contribution is -0.887. The van der Waals surface area contributed by atoms with E-state index in [0.717, 1.165) is 12.8 Å². The summed E-state index contributed by atoms with van der Waals surface area (Å²) in [4.78, 5) is 10.5. The molecule has 0 saturated carbocycles. The van der Waals surface area contributed by atoms with Gasteiger partial charge in [-0.25, -0.2) is 0 Å². The molecule has 1 N–H and O–H groups in total. The number of quaternary nitrogens is 1. The van der Waals surface area contributed by atoms with Crippen LogP contribution in [-0.4, -0.2) is 48.8 Å². The maximum atomic E-state index is 10.5. The third kappa shape index (κ3) is 8.44. The molecule has 0 radical (unpaired) electrons. The van der Waals surface area contributed by atoms with E-state index in [1.165, 1.54) is 0 Å². The summed E-state index contributed by atoms with van der Waals surface area (Å²) < 4.78 is 0.251. The van der Waals surface area contributed by atoms with Crippen LogP contribution in [0.1, 0.15) is 26.2 Å². The molecule has 0 aromatic carbocycles. The molecular formula is C12H23NO3. The number of aliphatic hydroxyl groups is 1. The first-order valence-electron chi connectivity index (χ1n) is 5.72. The van der Waals surface area contributed by atoms with Crippen molar-refractivity contribution in [3.05, 3.63) is 12.2 Å². The van der Waals surface area contributed by atoms with Gasteiger partial charge in [-0.1, -0.05) is 19.1 Å². The van der Waals surface area contributed by atoms with Gasteiger partial charge < -0.3 is 19.5 Å². The van der Waals surface area contributed by atoms with Gasteiger partial charge in [-0.3, -0.25) is 0 Å². The largest absolute Gasteiger partial charge is 0.544 e. The zero-order valence-corrected chi connectivity index (χ0v) is 10.5. The fourth-order valence-corrected chi connectivity index (χ4v) is 1.65. The van der Waals surface area contributed by atoms with Gasteiger partial charge in [0.2, 0.25) is 0 Å². The van der Waals surface area contributed by atoms with Crippen molar-refractivity contribution >= 4 is 5.97 Å². The van der Waals surface area contributed by atoms with Gasteiger partial charge in [0.25, 0.3) is 0 Å². The Morgan fingerprint density at radius 3 is 2.56 bits per heavy atom. The molecule has 0 spiro atoms. The molecule has 0 bridgehead atoms. The molecule has 1 atom stereocenters. The number of likely N-dealkylation sites (N-methyl/N-ethyl adjacent to an activating group) is 1. The molecule has 0 rings (SSSR count). The average Bonchev–Trinajstić information content (AvgIpc) is 2.09. The molecule has 94 valence electrons. The Morgan fingerprint density at radius 1 is 1.44 bits per heavy atom. The van der Waals surface area contributed by atoms with Crippen LogP contribution in [0, 0.1) is 0 Å². The number of carboxylic acids is 1. The van der Waals surface area contributed by atoms with E-state index < -0.39 is 12.1 Å². The highest BCUT2D eigenvalue weighted by molar-refractivity contribution is 5.65. The predicted molar refractivity (Wildman–Crippen MR) is 61.5 cm³/mol. The number of allylic oxidation sites excluding steroid dienone is 2. The van der Waals surface area contributed by atoms with E-state index in [2.05, 4.69) is 13.0 Å². The first kappa shape index (κ1) is 15.1. The van der Waals surface area contributed by atoms with Gasteiger partial charge in [-0.2, -0.15) is 0 Å². The van der Waals surface area contributed by atoms with Crippen molar-refractivity contribution in [1.29, 1.82) is 0 Å². The maximum Gasteiger partial charge on any atom is 0.119 e. The highest BCUT2D eigenvalue weighted by atomic mass is 16.4. The normalized spacial score (nSPS) is 14.2. The van der Waals surface area contributed by atoms with Crippen LogP contribution in [0.25, 0.3) is 0 Å².